The van der Waals surface area contributed by atoms with E-state index in [1.807, 2.05) is 0 Å². The van der Waals surface area contributed by atoms with Gasteiger partial charge >= 0.3 is 0 Å². The summed E-state index contributed by atoms with van der Waals surface area (Å²) in [6.07, 6.45) is 6.02. The molecule has 1 aromatic heterocycles. The highest BCUT2D eigenvalue weighted by molar-refractivity contribution is 7.92. The smallest absolute Gasteiger partial charge is 0.230 e. The van der Waals surface area contributed by atoms with E-state index in [1.54, 1.807) is 0 Å². The second kappa shape index (κ2) is 3.82. The molecule has 1 fully saturated rings. The van der Waals surface area contributed by atoms with Gasteiger partial charge in [0.05, 0.1) is 30.4 Å². The molecule has 0 spiro atoms. The van der Waals surface area contributed by atoms with Gasteiger partial charge in [0.1, 0.15) is 5.69 Å². The molecule has 0 saturated heterocycles. The summed E-state index contributed by atoms with van der Waals surface area (Å²) >= 11 is 0. The number of aromatic nitrogens is 1. The summed E-state index contributed by atoms with van der Waals surface area (Å²) in [5.74, 6) is 0.382. The van der Waals surface area contributed by atoms with Gasteiger partial charge in [0.2, 0.25) is 10.0 Å². The summed E-state index contributed by atoms with van der Waals surface area (Å²) < 4.78 is 30.2. The third-order valence-electron chi connectivity index (χ3n) is 2.05. The minimum absolute atomic E-state index is 0.156. The monoisotopic (exact) mass is 243 g/mol. The molecule has 0 aromatic carbocycles. The number of hydrogen-bond acceptors (Lipinski definition) is 5. The number of nitrogen functional groups attached to an aromatic ring is 1. The Morgan fingerprint density at radius 2 is 2.19 bits per heavy atom. The van der Waals surface area contributed by atoms with Gasteiger partial charge < -0.3 is 10.5 Å². The third-order valence-corrected chi connectivity index (χ3v) is 2.62. The average Bonchev–Trinajstić information content (AvgIpc) is 2.93. The summed E-state index contributed by atoms with van der Waals surface area (Å²) in [4.78, 5) is 3.87. The second-order valence-electron chi connectivity index (χ2n) is 3.79. The van der Waals surface area contributed by atoms with Gasteiger partial charge in [0.25, 0.3) is 0 Å². The lowest BCUT2D eigenvalue weighted by Crippen LogP contribution is -2.13. The van der Waals surface area contributed by atoms with E-state index in [2.05, 4.69) is 9.71 Å². The van der Waals surface area contributed by atoms with E-state index in [0.717, 1.165) is 19.1 Å². The lowest BCUT2D eigenvalue weighted by atomic mass is 10.3. The minimum atomic E-state index is -3.38. The molecule has 3 N–H and O–H groups in total. The predicted octanol–water partition coefficient (Wildman–Crippen LogP) is 0.576. The fourth-order valence-corrected chi connectivity index (χ4v) is 1.80. The minimum Gasteiger partial charge on any atom is -0.487 e. The first kappa shape index (κ1) is 11.0. The molecular formula is C9H13N3O3S. The number of pyridine rings is 1. The maximum atomic E-state index is 11.2. The van der Waals surface area contributed by atoms with Crippen molar-refractivity contribution < 1.29 is 13.2 Å². The van der Waals surface area contributed by atoms with Crippen LogP contribution >= 0.6 is 0 Å². The molecule has 7 heteroatoms. The van der Waals surface area contributed by atoms with Gasteiger partial charge in [-0.3, -0.25) is 9.71 Å². The molecular weight excluding hydrogens is 230 g/mol. The van der Waals surface area contributed by atoms with E-state index in [9.17, 15) is 8.42 Å². The Kier molecular flexibility index (Phi) is 2.63. The number of nitrogens with two attached hydrogens (primary N) is 1. The lowest BCUT2D eigenvalue weighted by Gasteiger charge is -2.12. The van der Waals surface area contributed by atoms with Crippen molar-refractivity contribution in [1.29, 1.82) is 0 Å². The van der Waals surface area contributed by atoms with Crippen LogP contribution in [0.5, 0.6) is 5.75 Å². The SMILES string of the molecule is CS(=O)(=O)Nc1c(N)cncc1OC1CC1. The normalized spacial score (nSPS) is 15.8. The Hall–Kier alpha value is -1.50. The van der Waals surface area contributed by atoms with Crippen LogP contribution in [0.4, 0.5) is 11.4 Å². The Bertz CT molecular complexity index is 497. The zero-order valence-electron chi connectivity index (χ0n) is 8.80. The van der Waals surface area contributed by atoms with Gasteiger partial charge in [-0.1, -0.05) is 0 Å². The molecule has 1 aliphatic carbocycles. The maximum absolute atomic E-state index is 11.2. The summed E-state index contributed by atoms with van der Waals surface area (Å²) in [5, 5.41) is 0. The van der Waals surface area contributed by atoms with Crippen molar-refractivity contribution in [2.75, 3.05) is 16.7 Å². The summed E-state index contributed by atoms with van der Waals surface area (Å²) in [5.41, 5.74) is 6.18. The van der Waals surface area contributed by atoms with Crippen molar-refractivity contribution in [2.24, 2.45) is 0 Å². The molecule has 0 amide bonds. The van der Waals surface area contributed by atoms with Crippen LogP contribution < -0.4 is 15.2 Å². The predicted molar refractivity (Wildman–Crippen MR) is 60.8 cm³/mol. The topological polar surface area (TPSA) is 94.3 Å². The number of ether oxygens (including phenoxy) is 1. The van der Waals surface area contributed by atoms with Crippen molar-refractivity contribution >= 4 is 21.4 Å². The number of nitrogens with one attached hydrogen (secondary N) is 1. The zero-order valence-corrected chi connectivity index (χ0v) is 9.62. The molecule has 0 radical (unpaired) electrons. The molecule has 88 valence electrons. The molecule has 16 heavy (non-hydrogen) atoms. The van der Waals surface area contributed by atoms with Gasteiger partial charge in [-0.25, -0.2) is 8.42 Å². The van der Waals surface area contributed by atoms with E-state index in [4.69, 9.17) is 10.5 Å². The maximum Gasteiger partial charge on any atom is 0.230 e. The van der Waals surface area contributed by atoms with Crippen LogP contribution in [-0.4, -0.2) is 25.8 Å². The molecule has 0 atom stereocenters. The van der Waals surface area contributed by atoms with E-state index in [1.165, 1.54) is 12.4 Å². The highest BCUT2D eigenvalue weighted by Gasteiger charge is 2.25. The molecule has 1 heterocycles. The van der Waals surface area contributed by atoms with Crippen molar-refractivity contribution in [3.63, 3.8) is 0 Å². The number of sulfonamides is 1. The first-order valence-corrected chi connectivity index (χ1v) is 6.73. The van der Waals surface area contributed by atoms with Crippen LogP contribution in [0.1, 0.15) is 12.8 Å². The van der Waals surface area contributed by atoms with Crippen LogP contribution in [0, 0.1) is 0 Å². The van der Waals surface area contributed by atoms with Crippen LogP contribution in [0.25, 0.3) is 0 Å². The first-order valence-electron chi connectivity index (χ1n) is 4.83. The Balaban J connectivity index is 2.31. The second-order valence-corrected chi connectivity index (χ2v) is 5.54. The fourth-order valence-electron chi connectivity index (χ4n) is 1.21. The van der Waals surface area contributed by atoms with E-state index >= 15 is 0 Å². The molecule has 0 bridgehead atoms. The lowest BCUT2D eigenvalue weighted by molar-refractivity contribution is 0.304. The van der Waals surface area contributed by atoms with Crippen LogP contribution in [-0.2, 0) is 10.0 Å². The molecule has 0 aliphatic heterocycles. The Labute approximate surface area is 93.9 Å². The molecule has 2 rings (SSSR count). The first-order chi connectivity index (χ1) is 7.46. The largest absolute Gasteiger partial charge is 0.487 e. The van der Waals surface area contributed by atoms with E-state index in [0.29, 0.717) is 5.75 Å². The number of anilines is 2. The Morgan fingerprint density at radius 3 is 2.75 bits per heavy atom. The molecule has 1 aromatic rings. The van der Waals surface area contributed by atoms with Gasteiger partial charge in [-0.2, -0.15) is 0 Å². The van der Waals surface area contributed by atoms with E-state index < -0.39 is 10.0 Å². The Morgan fingerprint density at radius 1 is 1.50 bits per heavy atom. The fraction of sp³-hybridized carbons (Fsp3) is 0.444. The summed E-state index contributed by atoms with van der Waals surface area (Å²) in [7, 11) is -3.38. The summed E-state index contributed by atoms with van der Waals surface area (Å²) in [6.45, 7) is 0. The molecule has 1 saturated carbocycles. The van der Waals surface area contributed by atoms with Gasteiger partial charge in [-0.05, 0) is 12.8 Å². The quantitative estimate of drug-likeness (QED) is 0.806. The number of hydrogen-bond donors (Lipinski definition) is 2. The van der Waals surface area contributed by atoms with Gasteiger partial charge in [0.15, 0.2) is 5.75 Å². The van der Waals surface area contributed by atoms with Crippen molar-refractivity contribution in [3.05, 3.63) is 12.4 Å². The molecule has 6 nitrogen and oxygen atoms in total. The third kappa shape index (κ3) is 2.75. The zero-order chi connectivity index (χ0) is 11.8. The molecule has 0 unspecified atom stereocenters. The van der Waals surface area contributed by atoms with Crippen molar-refractivity contribution in [1.82, 2.24) is 4.98 Å². The van der Waals surface area contributed by atoms with E-state index in [-0.39, 0.29) is 17.5 Å². The van der Waals surface area contributed by atoms with Crippen LogP contribution in [0.2, 0.25) is 0 Å². The van der Waals surface area contributed by atoms with Gasteiger partial charge in [0, 0.05) is 0 Å². The van der Waals surface area contributed by atoms with Gasteiger partial charge in [-0.15, -0.1) is 0 Å². The average molecular weight is 243 g/mol. The highest BCUT2D eigenvalue weighted by atomic mass is 32.2. The number of nitrogens with zero attached hydrogens (tertiary/aromatic N) is 1. The summed E-state index contributed by atoms with van der Waals surface area (Å²) in [6, 6.07) is 0. The molecule has 1 aliphatic rings. The van der Waals surface area contributed by atoms with Crippen molar-refractivity contribution in [3.8, 4) is 5.75 Å². The highest BCUT2D eigenvalue weighted by Crippen LogP contribution is 2.35. The number of rotatable bonds is 4. The van der Waals surface area contributed by atoms with Crippen LogP contribution in [0.3, 0.4) is 0 Å². The standard InChI is InChI=1S/C9H13N3O3S/c1-16(13,14)12-9-7(10)4-11-5-8(9)15-6-2-3-6/h4-6H,2-3,10H2,1H3,(H,11,12). The van der Waals surface area contributed by atoms with Crippen LogP contribution in [0.15, 0.2) is 12.4 Å². The van der Waals surface area contributed by atoms with Crippen molar-refractivity contribution in [2.45, 2.75) is 18.9 Å².